The van der Waals surface area contributed by atoms with Gasteiger partial charge >= 0.3 is 0 Å². The summed E-state index contributed by atoms with van der Waals surface area (Å²) in [7, 11) is 0. The number of benzene rings is 1. The highest BCUT2D eigenvalue weighted by Gasteiger charge is 2.11. The summed E-state index contributed by atoms with van der Waals surface area (Å²) >= 11 is 0. The molecule has 1 aromatic carbocycles. The molecule has 3 N–H and O–H groups in total. The van der Waals surface area contributed by atoms with Crippen LogP contribution in [-0.4, -0.2) is 10.9 Å². The zero-order chi connectivity index (χ0) is 13.0. The minimum absolute atomic E-state index is 0.0344. The number of nitrogens with zero attached hydrogens (tertiary/aromatic N) is 1. The van der Waals surface area contributed by atoms with Crippen LogP contribution in [0.3, 0.4) is 0 Å². The number of pyridine rings is 1. The maximum atomic E-state index is 13.3. The number of amides is 1. The van der Waals surface area contributed by atoms with Crippen LogP contribution in [0.5, 0.6) is 0 Å². The van der Waals surface area contributed by atoms with Crippen LogP contribution in [0.1, 0.15) is 15.9 Å². The van der Waals surface area contributed by atoms with Crippen LogP contribution in [-0.2, 0) is 6.54 Å². The standard InChI is InChI=1S/C13H12FN3O/c14-12-8-16-6-5-11(12)13(18)17-10-3-1-9(7-15)2-4-10/h1-6,8H,7,15H2,(H,17,18). The number of anilines is 1. The monoisotopic (exact) mass is 245 g/mol. The van der Waals surface area contributed by atoms with Crippen LogP contribution in [0.25, 0.3) is 0 Å². The van der Waals surface area contributed by atoms with E-state index in [0.717, 1.165) is 11.8 Å². The van der Waals surface area contributed by atoms with E-state index in [-0.39, 0.29) is 5.56 Å². The molecule has 0 aliphatic carbocycles. The fourth-order valence-corrected chi connectivity index (χ4v) is 1.48. The first-order valence-electron chi connectivity index (χ1n) is 5.40. The van der Waals surface area contributed by atoms with E-state index < -0.39 is 11.7 Å². The van der Waals surface area contributed by atoms with E-state index in [2.05, 4.69) is 10.3 Å². The normalized spacial score (nSPS) is 10.1. The summed E-state index contributed by atoms with van der Waals surface area (Å²) in [5.41, 5.74) is 6.99. The molecule has 0 saturated heterocycles. The van der Waals surface area contributed by atoms with Crippen molar-refractivity contribution in [2.24, 2.45) is 5.73 Å². The molecule has 92 valence electrons. The van der Waals surface area contributed by atoms with Gasteiger partial charge in [0.1, 0.15) is 0 Å². The van der Waals surface area contributed by atoms with Crippen LogP contribution < -0.4 is 11.1 Å². The van der Waals surface area contributed by atoms with E-state index in [1.54, 1.807) is 24.3 Å². The lowest BCUT2D eigenvalue weighted by Crippen LogP contribution is -2.13. The predicted molar refractivity (Wildman–Crippen MR) is 66.5 cm³/mol. The van der Waals surface area contributed by atoms with Gasteiger partial charge in [-0.3, -0.25) is 9.78 Å². The number of nitrogens with one attached hydrogen (secondary N) is 1. The first-order valence-corrected chi connectivity index (χ1v) is 5.40. The van der Waals surface area contributed by atoms with Gasteiger partial charge in [-0.2, -0.15) is 0 Å². The molecule has 1 heterocycles. The molecular weight excluding hydrogens is 233 g/mol. The fourth-order valence-electron chi connectivity index (χ4n) is 1.48. The fraction of sp³-hybridized carbons (Fsp3) is 0.0769. The summed E-state index contributed by atoms with van der Waals surface area (Å²) in [5, 5.41) is 2.60. The van der Waals surface area contributed by atoms with Gasteiger partial charge in [0.15, 0.2) is 5.82 Å². The lowest BCUT2D eigenvalue weighted by atomic mass is 10.2. The lowest BCUT2D eigenvalue weighted by molar-refractivity contribution is 0.102. The van der Waals surface area contributed by atoms with Crippen LogP contribution in [0.2, 0.25) is 0 Å². The zero-order valence-corrected chi connectivity index (χ0v) is 9.56. The number of carbonyl (C=O) groups excluding carboxylic acids is 1. The number of carbonyl (C=O) groups is 1. The Labute approximate surface area is 104 Å². The highest BCUT2D eigenvalue weighted by atomic mass is 19.1. The number of nitrogens with two attached hydrogens (primary N) is 1. The minimum Gasteiger partial charge on any atom is -0.326 e. The third kappa shape index (κ3) is 2.70. The van der Waals surface area contributed by atoms with E-state index in [9.17, 15) is 9.18 Å². The Kier molecular flexibility index (Phi) is 3.64. The Hall–Kier alpha value is -2.27. The van der Waals surface area contributed by atoms with Gasteiger partial charge in [-0.15, -0.1) is 0 Å². The molecule has 0 aliphatic heterocycles. The molecular formula is C13H12FN3O. The first kappa shape index (κ1) is 12.2. The van der Waals surface area contributed by atoms with Crippen molar-refractivity contribution in [3.63, 3.8) is 0 Å². The summed E-state index contributed by atoms with van der Waals surface area (Å²) in [6.45, 7) is 0.438. The Balaban J connectivity index is 2.14. The van der Waals surface area contributed by atoms with Crippen molar-refractivity contribution >= 4 is 11.6 Å². The van der Waals surface area contributed by atoms with Gasteiger partial charge in [0.2, 0.25) is 0 Å². The van der Waals surface area contributed by atoms with Crippen molar-refractivity contribution < 1.29 is 9.18 Å². The Morgan fingerprint density at radius 1 is 1.28 bits per heavy atom. The van der Waals surface area contributed by atoms with Crippen LogP contribution >= 0.6 is 0 Å². The summed E-state index contributed by atoms with van der Waals surface area (Å²) in [6.07, 6.45) is 2.38. The van der Waals surface area contributed by atoms with Crippen LogP contribution in [0, 0.1) is 5.82 Å². The van der Waals surface area contributed by atoms with Gasteiger partial charge in [0.05, 0.1) is 11.8 Å². The molecule has 1 amide bonds. The van der Waals surface area contributed by atoms with Gasteiger partial charge in [0.25, 0.3) is 5.91 Å². The molecule has 18 heavy (non-hydrogen) atoms. The van der Waals surface area contributed by atoms with Crippen molar-refractivity contribution in [2.45, 2.75) is 6.54 Å². The summed E-state index contributed by atoms with van der Waals surface area (Å²) in [5.74, 6) is -1.15. The van der Waals surface area contributed by atoms with E-state index in [1.165, 1.54) is 12.3 Å². The molecule has 5 heteroatoms. The zero-order valence-electron chi connectivity index (χ0n) is 9.56. The number of hydrogen-bond donors (Lipinski definition) is 2. The van der Waals surface area contributed by atoms with Crippen molar-refractivity contribution in [3.05, 3.63) is 59.7 Å². The molecule has 0 fully saturated rings. The third-order valence-corrected chi connectivity index (χ3v) is 2.46. The molecule has 1 aromatic heterocycles. The Morgan fingerprint density at radius 2 is 2.00 bits per heavy atom. The molecule has 2 rings (SSSR count). The van der Waals surface area contributed by atoms with Gasteiger partial charge in [-0.05, 0) is 23.8 Å². The molecule has 0 atom stereocenters. The summed E-state index contributed by atoms with van der Waals surface area (Å²) in [6, 6.07) is 8.38. The SMILES string of the molecule is NCc1ccc(NC(=O)c2ccncc2F)cc1. The second kappa shape index (κ2) is 5.37. The van der Waals surface area contributed by atoms with Crippen molar-refractivity contribution in [1.29, 1.82) is 0 Å². The third-order valence-electron chi connectivity index (χ3n) is 2.46. The number of aromatic nitrogens is 1. The highest BCUT2D eigenvalue weighted by molar-refractivity contribution is 6.04. The molecule has 0 spiro atoms. The summed E-state index contributed by atoms with van der Waals surface area (Å²) in [4.78, 5) is 15.4. The van der Waals surface area contributed by atoms with Crippen LogP contribution in [0.4, 0.5) is 10.1 Å². The molecule has 2 aromatic rings. The molecule has 0 saturated carbocycles. The minimum atomic E-state index is -0.645. The first-order chi connectivity index (χ1) is 8.70. The second-order valence-corrected chi connectivity index (χ2v) is 3.71. The van der Waals surface area contributed by atoms with Gasteiger partial charge < -0.3 is 11.1 Å². The van der Waals surface area contributed by atoms with E-state index in [1.807, 2.05) is 0 Å². The van der Waals surface area contributed by atoms with Crippen molar-refractivity contribution in [2.75, 3.05) is 5.32 Å². The molecule has 4 nitrogen and oxygen atoms in total. The van der Waals surface area contributed by atoms with Crippen molar-refractivity contribution in [1.82, 2.24) is 4.98 Å². The van der Waals surface area contributed by atoms with Crippen LogP contribution in [0.15, 0.2) is 42.7 Å². The quantitative estimate of drug-likeness (QED) is 0.868. The molecule has 0 bridgehead atoms. The number of hydrogen-bond acceptors (Lipinski definition) is 3. The lowest BCUT2D eigenvalue weighted by Gasteiger charge is -2.06. The van der Waals surface area contributed by atoms with Crippen molar-refractivity contribution in [3.8, 4) is 0 Å². The Morgan fingerprint density at radius 3 is 2.61 bits per heavy atom. The second-order valence-electron chi connectivity index (χ2n) is 3.71. The van der Waals surface area contributed by atoms with Gasteiger partial charge in [-0.25, -0.2) is 4.39 Å². The molecule has 0 unspecified atom stereocenters. The van der Waals surface area contributed by atoms with E-state index >= 15 is 0 Å². The van der Waals surface area contributed by atoms with E-state index in [0.29, 0.717) is 12.2 Å². The highest BCUT2D eigenvalue weighted by Crippen LogP contribution is 2.12. The summed E-state index contributed by atoms with van der Waals surface area (Å²) < 4.78 is 13.3. The number of halogens is 1. The number of rotatable bonds is 3. The smallest absolute Gasteiger partial charge is 0.258 e. The molecule has 0 radical (unpaired) electrons. The van der Waals surface area contributed by atoms with Gasteiger partial charge in [-0.1, -0.05) is 12.1 Å². The topological polar surface area (TPSA) is 68.0 Å². The average Bonchev–Trinajstić information content (AvgIpc) is 2.40. The maximum Gasteiger partial charge on any atom is 0.258 e. The predicted octanol–water partition coefficient (Wildman–Crippen LogP) is 1.93. The maximum absolute atomic E-state index is 13.3. The molecule has 0 aliphatic rings. The largest absolute Gasteiger partial charge is 0.326 e. The average molecular weight is 245 g/mol. The van der Waals surface area contributed by atoms with Gasteiger partial charge in [0, 0.05) is 18.4 Å². The Bertz CT molecular complexity index is 554. The van der Waals surface area contributed by atoms with E-state index in [4.69, 9.17) is 5.73 Å².